The fourth-order valence-electron chi connectivity index (χ4n) is 0.771. The summed E-state index contributed by atoms with van der Waals surface area (Å²) in [5.41, 5.74) is 0.263. The molecule has 0 saturated carbocycles. The van der Waals surface area contributed by atoms with Crippen LogP contribution in [0.3, 0.4) is 0 Å². The highest BCUT2D eigenvalue weighted by molar-refractivity contribution is 6.69. The number of carbonyl (C=O) groups is 1. The standard InChI is InChI=1S/C9H18O3Si/c1-8(9(10)11)6-5-7-12-13(2,3)4/h1,5-7H2,2-4H3,(H,10,11). The smallest absolute Gasteiger partial charge is 0.330 e. The zero-order valence-corrected chi connectivity index (χ0v) is 9.59. The molecule has 0 amide bonds. The lowest BCUT2D eigenvalue weighted by atomic mass is 10.2. The van der Waals surface area contributed by atoms with Crippen LogP contribution in [0.15, 0.2) is 12.2 Å². The van der Waals surface area contributed by atoms with Crippen LogP contribution in [-0.2, 0) is 9.22 Å². The molecule has 3 nitrogen and oxygen atoms in total. The van der Waals surface area contributed by atoms with Crippen LogP contribution in [0, 0.1) is 0 Å². The first kappa shape index (κ1) is 12.4. The quantitative estimate of drug-likeness (QED) is 0.408. The topological polar surface area (TPSA) is 46.5 Å². The van der Waals surface area contributed by atoms with Crippen molar-refractivity contribution in [1.29, 1.82) is 0 Å². The van der Waals surface area contributed by atoms with Gasteiger partial charge in [-0.25, -0.2) is 4.79 Å². The van der Waals surface area contributed by atoms with Crippen molar-refractivity contribution in [3.63, 3.8) is 0 Å². The van der Waals surface area contributed by atoms with Gasteiger partial charge in [0.2, 0.25) is 0 Å². The molecule has 0 aromatic heterocycles. The second kappa shape index (κ2) is 5.19. The van der Waals surface area contributed by atoms with E-state index in [4.69, 9.17) is 9.53 Å². The minimum absolute atomic E-state index is 0.263. The first-order valence-electron chi connectivity index (χ1n) is 4.38. The molecule has 0 aliphatic heterocycles. The highest BCUT2D eigenvalue weighted by atomic mass is 28.4. The van der Waals surface area contributed by atoms with Gasteiger partial charge in [-0.3, -0.25) is 0 Å². The normalized spacial score (nSPS) is 11.3. The van der Waals surface area contributed by atoms with Crippen LogP contribution >= 0.6 is 0 Å². The van der Waals surface area contributed by atoms with Crippen molar-refractivity contribution in [2.45, 2.75) is 32.5 Å². The number of rotatable bonds is 6. The predicted molar refractivity (Wildman–Crippen MR) is 55.3 cm³/mol. The molecule has 0 aromatic carbocycles. The second-order valence-corrected chi connectivity index (χ2v) is 8.49. The van der Waals surface area contributed by atoms with Gasteiger partial charge < -0.3 is 9.53 Å². The van der Waals surface area contributed by atoms with Crippen LogP contribution < -0.4 is 0 Å². The van der Waals surface area contributed by atoms with Crippen molar-refractivity contribution in [1.82, 2.24) is 0 Å². The summed E-state index contributed by atoms with van der Waals surface area (Å²) >= 11 is 0. The minimum atomic E-state index is -1.43. The lowest BCUT2D eigenvalue weighted by molar-refractivity contribution is -0.132. The molecule has 0 aliphatic rings. The molecular weight excluding hydrogens is 184 g/mol. The van der Waals surface area contributed by atoms with Crippen molar-refractivity contribution < 1.29 is 14.3 Å². The van der Waals surface area contributed by atoms with Crippen LogP contribution in [0.5, 0.6) is 0 Å². The van der Waals surface area contributed by atoms with Crippen molar-refractivity contribution in [2.75, 3.05) is 6.61 Å². The van der Waals surface area contributed by atoms with Crippen LogP contribution in [0.25, 0.3) is 0 Å². The van der Waals surface area contributed by atoms with E-state index in [1.165, 1.54) is 0 Å². The number of hydrogen-bond donors (Lipinski definition) is 1. The summed E-state index contributed by atoms with van der Waals surface area (Å²) in [6, 6.07) is 0. The van der Waals surface area contributed by atoms with E-state index < -0.39 is 14.3 Å². The Morgan fingerprint density at radius 3 is 2.38 bits per heavy atom. The van der Waals surface area contributed by atoms with Crippen LogP contribution in [0.1, 0.15) is 12.8 Å². The minimum Gasteiger partial charge on any atom is -0.478 e. The lowest BCUT2D eigenvalue weighted by Gasteiger charge is -2.16. The average molecular weight is 202 g/mol. The molecule has 0 rings (SSSR count). The number of hydrogen-bond acceptors (Lipinski definition) is 2. The van der Waals surface area contributed by atoms with E-state index >= 15 is 0 Å². The Hall–Kier alpha value is -0.613. The highest BCUT2D eigenvalue weighted by Gasteiger charge is 2.13. The third-order valence-corrected chi connectivity index (χ3v) is 2.53. The van der Waals surface area contributed by atoms with E-state index in [-0.39, 0.29) is 5.57 Å². The summed E-state index contributed by atoms with van der Waals surface area (Å²) < 4.78 is 5.56. The molecule has 0 bridgehead atoms. The van der Waals surface area contributed by atoms with Gasteiger partial charge in [-0.2, -0.15) is 0 Å². The van der Waals surface area contributed by atoms with Gasteiger partial charge in [0.15, 0.2) is 8.32 Å². The van der Waals surface area contributed by atoms with Gasteiger partial charge in [0.1, 0.15) is 0 Å². The Balaban J connectivity index is 3.47. The fraction of sp³-hybridized carbons (Fsp3) is 0.667. The molecule has 13 heavy (non-hydrogen) atoms. The summed E-state index contributed by atoms with van der Waals surface area (Å²) in [5, 5.41) is 8.51. The Morgan fingerprint density at radius 2 is 2.00 bits per heavy atom. The lowest BCUT2D eigenvalue weighted by Crippen LogP contribution is -2.25. The van der Waals surface area contributed by atoms with Gasteiger partial charge in [0, 0.05) is 12.2 Å². The fourth-order valence-corrected chi connectivity index (χ4v) is 1.53. The zero-order valence-electron chi connectivity index (χ0n) is 8.59. The molecule has 4 heteroatoms. The monoisotopic (exact) mass is 202 g/mol. The van der Waals surface area contributed by atoms with Gasteiger partial charge in [-0.15, -0.1) is 0 Å². The van der Waals surface area contributed by atoms with E-state index in [2.05, 4.69) is 26.2 Å². The maximum atomic E-state index is 10.4. The van der Waals surface area contributed by atoms with Crippen molar-refractivity contribution in [3.05, 3.63) is 12.2 Å². The Bertz CT molecular complexity index is 194. The number of carboxylic acid groups (broad SMARTS) is 1. The average Bonchev–Trinajstić information content (AvgIpc) is 1.95. The highest BCUT2D eigenvalue weighted by Crippen LogP contribution is 2.07. The van der Waals surface area contributed by atoms with E-state index in [1.807, 2.05) is 0 Å². The number of aliphatic carboxylic acids is 1. The van der Waals surface area contributed by atoms with Crippen LogP contribution in [-0.4, -0.2) is 26.0 Å². The Morgan fingerprint density at radius 1 is 1.46 bits per heavy atom. The summed E-state index contributed by atoms with van der Waals surface area (Å²) in [6.07, 6.45) is 1.26. The Kier molecular flexibility index (Phi) is 4.94. The first-order chi connectivity index (χ1) is 5.83. The zero-order chi connectivity index (χ0) is 10.5. The summed E-state index contributed by atoms with van der Waals surface area (Å²) in [4.78, 5) is 10.4. The van der Waals surface area contributed by atoms with E-state index in [0.717, 1.165) is 6.42 Å². The third kappa shape index (κ3) is 7.74. The van der Waals surface area contributed by atoms with Crippen LogP contribution in [0.2, 0.25) is 19.6 Å². The van der Waals surface area contributed by atoms with E-state index in [0.29, 0.717) is 13.0 Å². The largest absolute Gasteiger partial charge is 0.478 e. The molecule has 1 N–H and O–H groups in total. The van der Waals surface area contributed by atoms with Gasteiger partial charge in [-0.1, -0.05) is 6.58 Å². The summed E-state index contributed by atoms with van der Waals surface area (Å²) in [5.74, 6) is -0.909. The molecule has 0 aromatic rings. The van der Waals surface area contributed by atoms with E-state index in [9.17, 15) is 4.79 Å². The molecule has 0 unspecified atom stereocenters. The molecule has 0 saturated heterocycles. The molecule has 0 atom stereocenters. The maximum absolute atomic E-state index is 10.4. The number of carboxylic acids is 1. The molecular formula is C9H18O3Si. The molecule has 0 aliphatic carbocycles. The van der Waals surface area contributed by atoms with Gasteiger partial charge in [-0.05, 0) is 32.5 Å². The third-order valence-electron chi connectivity index (χ3n) is 1.46. The molecule has 76 valence electrons. The van der Waals surface area contributed by atoms with E-state index in [1.54, 1.807) is 0 Å². The van der Waals surface area contributed by atoms with Gasteiger partial charge in [0.05, 0.1) is 0 Å². The maximum Gasteiger partial charge on any atom is 0.330 e. The molecule has 0 fully saturated rings. The van der Waals surface area contributed by atoms with Crippen molar-refractivity contribution >= 4 is 14.3 Å². The van der Waals surface area contributed by atoms with Gasteiger partial charge in [0.25, 0.3) is 0 Å². The molecule has 0 heterocycles. The predicted octanol–water partition coefficient (Wildman–Crippen LogP) is 2.26. The molecule has 0 spiro atoms. The van der Waals surface area contributed by atoms with Crippen molar-refractivity contribution in [3.8, 4) is 0 Å². The van der Waals surface area contributed by atoms with Crippen LogP contribution in [0.4, 0.5) is 0 Å². The molecule has 0 radical (unpaired) electrons. The second-order valence-electron chi connectivity index (χ2n) is 3.97. The van der Waals surface area contributed by atoms with Crippen molar-refractivity contribution in [2.24, 2.45) is 0 Å². The Labute approximate surface area is 80.5 Å². The SMILES string of the molecule is C=C(CCCO[Si](C)(C)C)C(=O)O. The summed E-state index contributed by atoms with van der Waals surface area (Å²) in [6.45, 7) is 10.4. The van der Waals surface area contributed by atoms with Gasteiger partial charge >= 0.3 is 5.97 Å². The first-order valence-corrected chi connectivity index (χ1v) is 7.79. The summed E-state index contributed by atoms with van der Waals surface area (Å²) in [7, 11) is -1.43.